The van der Waals surface area contributed by atoms with Crippen molar-refractivity contribution in [1.29, 1.82) is 0 Å². The summed E-state index contributed by atoms with van der Waals surface area (Å²) in [5.74, 6) is 0. The molecule has 0 spiro atoms. The van der Waals surface area contributed by atoms with Crippen molar-refractivity contribution in [2.24, 2.45) is 0 Å². The molecule has 0 aromatic heterocycles. The molecule has 1 unspecified atom stereocenters. The fourth-order valence-electron chi connectivity index (χ4n) is 2.70. The third kappa shape index (κ3) is 6.55. The molecule has 0 heterocycles. The van der Waals surface area contributed by atoms with E-state index in [1.54, 1.807) is 5.20 Å². The molecule has 1 aromatic rings. The van der Waals surface area contributed by atoms with Crippen LogP contribution in [0, 0.1) is 13.8 Å². The zero-order chi connectivity index (χ0) is 14.3. The van der Waals surface area contributed by atoms with Gasteiger partial charge >= 0.3 is 130 Å². The van der Waals surface area contributed by atoms with Gasteiger partial charge in [-0.2, -0.15) is 0 Å². The van der Waals surface area contributed by atoms with Gasteiger partial charge in [0.1, 0.15) is 0 Å². The van der Waals surface area contributed by atoms with E-state index in [1.807, 2.05) is 0 Å². The Labute approximate surface area is 166 Å². The average Bonchev–Trinajstić information content (AvgIpc) is 2.58. The summed E-state index contributed by atoms with van der Waals surface area (Å²) in [5, 5.41) is 1.60. The quantitative estimate of drug-likeness (QED) is 0.446. The van der Waals surface area contributed by atoms with Crippen LogP contribution in [0.4, 0.5) is 0 Å². The molecular weight excluding hydrogens is 386 g/mol. The Balaban J connectivity index is 0. The fourth-order valence-corrected chi connectivity index (χ4v) is 4.89. The van der Waals surface area contributed by atoms with Gasteiger partial charge in [-0.25, -0.2) is 0 Å². The molecule has 0 saturated heterocycles. The first-order valence-electron chi connectivity index (χ1n) is 6.93. The average molecular weight is 410 g/mol. The van der Waals surface area contributed by atoms with Gasteiger partial charge in [-0.05, 0) is 0 Å². The molecule has 0 bridgehead atoms. The largest absolute Gasteiger partial charge is 1.00 e. The van der Waals surface area contributed by atoms with Crippen molar-refractivity contribution < 1.29 is 57.7 Å². The summed E-state index contributed by atoms with van der Waals surface area (Å²) in [5.41, 5.74) is 4.20. The van der Waals surface area contributed by atoms with Gasteiger partial charge in [-0.3, -0.25) is 0 Å². The number of rotatable bonds is 3. The van der Waals surface area contributed by atoms with Gasteiger partial charge in [0.15, 0.2) is 0 Å². The summed E-state index contributed by atoms with van der Waals surface area (Å²) in [7, 11) is -1.18. The van der Waals surface area contributed by atoms with E-state index in [0.29, 0.717) is 0 Å². The second-order valence-corrected chi connectivity index (χ2v) is 13.4. The second kappa shape index (κ2) is 9.11. The van der Waals surface area contributed by atoms with Crippen molar-refractivity contribution in [1.82, 2.24) is 0 Å². The van der Waals surface area contributed by atoms with E-state index < -0.39 is 8.07 Å². The molecule has 1 aliphatic rings. The van der Waals surface area contributed by atoms with Crippen molar-refractivity contribution in [3.8, 4) is 0 Å². The van der Waals surface area contributed by atoms with Crippen molar-refractivity contribution in [3.05, 3.63) is 58.3 Å². The van der Waals surface area contributed by atoms with Crippen LogP contribution in [0.2, 0.25) is 23.4 Å². The fraction of sp³-hybridized carbons (Fsp3) is 0.412. The Morgan fingerprint density at radius 1 is 0.955 bits per heavy atom. The molecule has 5 heteroatoms. The van der Waals surface area contributed by atoms with E-state index in [1.165, 1.54) is 16.7 Å². The molecule has 1 aliphatic carbocycles. The monoisotopic (exact) mass is 408 g/mol. The molecule has 22 heavy (non-hydrogen) atoms. The Hall–Kier alpha value is 0.501. The molecule has 0 N–H and O–H groups in total. The topological polar surface area (TPSA) is 0 Å². The van der Waals surface area contributed by atoms with E-state index >= 15 is 0 Å². The van der Waals surface area contributed by atoms with Crippen LogP contribution in [-0.2, 0) is 26.9 Å². The van der Waals surface area contributed by atoms with Crippen molar-refractivity contribution in [2.75, 3.05) is 0 Å². The van der Waals surface area contributed by atoms with E-state index in [2.05, 4.69) is 90.4 Å². The van der Waals surface area contributed by atoms with E-state index in [-0.39, 0.29) is 40.9 Å². The first-order chi connectivity index (χ1) is 8.68. The zero-order valence-electron chi connectivity index (χ0n) is 13.8. The molecule has 120 valence electrons. The van der Waals surface area contributed by atoms with Crippen LogP contribution in [-0.4, -0.2) is 8.07 Å². The van der Waals surface area contributed by atoms with Crippen molar-refractivity contribution in [2.45, 2.75) is 43.6 Å². The van der Waals surface area contributed by atoms with E-state index in [4.69, 9.17) is 0 Å². The summed E-state index contributed by atoms with van der Waals surface area (Å²) in [6.45, 7) is 11.6. The van der Waals surface area contributed by atoms with E-state index in [9.17, 15) is 0 Å². The molecule has 0 saturated carbocycles. The minimum Gasteiger partial charge on any atom is -1.00 e. The number of halogens is 3. The Morgan fingerprint density at radius 2 is 1.45 bits per heavy atom. The maximum atomic E-state index is 2.51. The Morgan fingerprint density at radius 3 is 1.86 bits per heavy atom. The van der Waals surface area contributed by atoms with Crippen LogP contribution < -0.4 is 37.2 Å². The third-order valence-electron chi connectivity index (χ3n) is 3.62. The molecule has 0 fully saturated rings. The third-order valence-corrected chi connectivity index (χ3v) is 6.42. The van der Waals surface area contributed by atoms with Gasteiger partial charge in [0.05, 0.1) is 0 Å². The molecular formula is C17H23Cl3SiTi. The summed E-state index contributed by atoms with van der Waals surface area (Å²) in [4.78, 5) is 0. The van der Waals surface area contributed by atoms with Gasteiger partial charge in [0.2, 0.25) is 0 Å². The second-order valence-electron chi connectivity index (χ2n) is 6.90. The first kappa shape index (κ1) is 24.7. The van der Waals surface area contributed by atoms with Crippen LogP contribution in [0.5, 0.6) is 0 Å². The summed E-state index contributed by atoms with van der Waals surface area (Å²) in [6, 6.07) is 6.90. The number of allylic oxidation sites excluding steroid dienone is 4. The van der Waals surface area contributed by atoms with Gasteiger partial charge in [-0.1, -0.05) is 0 Å². The molecule has 1 atom stereocenters. The normalized spacial score (nSPS) is 19.7. The molecule has 0 aliphatic heterocycles. The molecule has 0 radical (unpaired) electrons. The number of aryl methyl sites for hydroxylation is 2. The molecule has 1 aromatic carbocycles. The van der Waals surface area contributed by atoms with Crippen LogP contribution in [0.3, 0.4) is 0 Å². The Kier molecular flexibility index (Phi) is 10.2. The maximum absolute atomic E-state index is 2.51. The van der Waals surface area contributed by atoms with Gasteiger partial charge in [-0.15, -0.1) is 0 Å². The minimum absolute atomic E-state index is 0. The molecule has 0 amide bonds. The van der Waals surface area contributed by atoms with Crippen molar-refractivity contribution >= 4 is 8.07 Å². The van der Waals surface area contributed by atoms with Gasteiger partial charge < -0.3 is 37.2 Å². The minimum atomic E-state index is -1.18. The predicted octanol–water partition coefficient (Wildman–Crippen LogP) is -4.06. The summed E-state index contributed by atoms with van der Waals surface area (Å²) >= 11 is 2.36. The summed E-state index contributed by atoms with van der Waals surface area (Å²) < 4.78 is 0.204. The number of hydrogen-bond donors (Lipinski definition) is 0. The first-order valence-corrected chi connectivity index (χ1v) is 11.2. The molecule has 2 rings (SSSR count). The predicted molar refractivity (Wildman–Crippen MR) is 82.9 cm³/mol. The van der Waals surface area contributed by atoms with Crippen LogP contribution in [0.15, 0.2) is 41.6 Å². The van der Waals surface area contributed by atoms with Crippen molar-refractivity contribution in [3.63, 3.8) is 0 Å². The van der Waals surface area contributed by atoms with Gasteiger partial charge in [0.25, 0.3) is 0 Å². The zero-order valence-corrected chi connectivity index (χ0v) is 18.6. The standard InChI is InChI=1S/C17H23Si.3ClH.Ti/c1-13-8-14(2)10-16(9-13)11-15-6-7-17(12-15)18(3,4)5;;;;/h6-10,12H,11H2,1-5H3;3*1H;/q;;;;+3/p-3. The Bertz CT molecular complexity index is 541. The van der Waals surface area contributed by atoms with Crippen LogP contribution >= 0.6 is 0 Å². The van der Waals surface area contributed by atoms with Gasteiger partial charge in [0, 0.05) is 0 Å². The smallest absolute Gasteiger partial charge is 1.00 e. The number of benzene rings is 1. The van der Waals surface area contributed by atoms with E-state index in [0.717, 1.165) is 6.42 Å². The number of hydrogen-bond acceptors (Lipinski definition) is 0. The maximum Gasteiger partial charge on any atom is -1.00 e. The summed E-state index contributed by atoms with van der Waals surface area (Å²) in [6.07, 6.45) is 8.39. The molecule has 0 nitrogen and oxygen atoms in total. The van der Waals surface area contributed by atoms with Crippen LogP contribution in [0.1, 0.15) is 16.7 Å². The van der Waals surface area contributed by atoms with Crippen LogP contribution in [0.25, 0.3) is 0 Å². The SMILES string of the molecule is Cc1cc(C)cc(C[C]2([Ti+3])C=CC([Si](C)(C)C)=C2)c1.[Cl-].[Cl-].[Cl-].